The number of hydrogen-bond donors (Lipinski definition) is 0. The van der Waals surface area contributed by atoms with Gasteiger partial charge in [0.25, 0.3) is 0 Å². The van der Waals surface area contributed by atoms with Crippen molar-refractivity contribution in [3.8, 4) is 0 Å². The van der Waals surface area contributed by atoms with E-state index in [2.05, 4.69) is 9.88 Å². The highest BCUT2D eigenvalue weighted by atomic mass is 19.1. The van der Waals surface area contributed by atoms with Gasteiger partial charge in [-0.1, -0.05) is 18.6 Å². The Hall–Kier alpha value is -2.34. The average Bonchev–Trinajstić information content (AvgIpc) is 2.69. The second kappa shape index (κ2) is 7.72. The lowest BCUT2D eigenvalue weighted by Crippen LogP contribution is -2.36. The summed E-state index contributed by atoms with van der Waals surface area (Å²) in [7, 11) is 0. The fourth-order valence-electron chi connectivity index (χ4n) is 4.06. The van der Waals surface area contributed by atoms with Gasteiger partial charge in [0.15, 0.2) is 0 Å². The number of hydrogen-bond acceptors (Lipinski definition) is 4. The zero-order chi connectivity index (χ0) is 18.8. The van der Waals surface area contributed by atoms with Crippen molar-refractivity contribution in [2.45, 2.75) is 51.7 Å². The molecule has 27 heavy (non-hydrogen) atoms. The summed E-state index contributed by atoms with van der Waals surface area (Å²) in [5, 5.41) is 0. The zero-order valence-electron chi connectivity index (χ0n) is 15.7. The van der Waals surface area contributed by atoms with E-state index in [4.69, 9.17) is 4.98 Å². The van der Waals surface area contributed by atoms with Crippen LogP contribution in [0, 0.1) is 5.82 Å². The van der Waals surface area contributed by atoms with Crippen molar-refractivity contribution in [1.82, 2.24) is 19.8 Å². The molecule has 2 aliphatic rings. The minimum atomic E-state index is -0.202. The fourth-order valence-corrected chi connectivity index (χ4v) is 4.06. The summed E-state index contributed by atoms with van der Waals surface area (Å²) in [5.74, 6) is 0.779. The SMILES string of the molecule is CC(=O)N1CCc2nc([C@@H]3CCCCN3Cc3ccc(F)cc3)ncc2C1. The molecule has 1 fully saturated rings. The van der Waals surface area contributed by atoms with Crippen LogP contribution in [-0.2, 0) is 24.3 Å². The Morgan fingerprint density at radius 3 is 2.81 bits per heavy atom. The molecule has 2 aliphatic heterocycles. The van der Waals surface area contributed by atoms with Gasteiger partial charge in [-0.2, -0.15) is 0 Å². The van der Waals surface area contributed by atoms with Crippen LogP contribution in [0.25, 0.3) is 0 Å². The van der Waals surface area contributed by atoms with E-state index in [0.717, 1.165) is 61.5 Å². The third-order valence-corrected chi connectivity index (χ3v) is 5.61. The monoisotopic (exact) mass is 368 g/mol. The summed E-state index contributed by atoms with van der Waals surface area (Å²) in [5.41, 5.74) is 3.24. The molecular formula is C21H25FN4O. The normalized spacial score (nSPS) is 20.4. The van der Waals surface area contributed by atoms with Gasteiger partial charge < -0.3 is 4.90 Å². The van der Waals surface area contributed by atoms with Crippen molar-refractivity contribution in [2.24, 2.45) is 0 Å². The summed E-state index contributed by atoms with van der Waals surface area (Å²) < 4.78 is 13.2. The fraction of sp³-hybridized carbons (Fsp3) is 0.476. The molecule has 0 bridgehead atoms. The minimum Gasteiger partial charge on any atom is -0.338 e. The Labute approximate surface area is 159 Å². The molecule has 1 atom stereocenters. The van der Waals surface area contributed by atoms with Crippen molar-refractivity contribution < 1.29 is 9.18 Å². The van der Waals surface area contributed by atoms with E-state index >= 15 is 0 Å². The van der Waals surface area contributed by atoms with Crippen molar-refractivity contribution >= 4 is 5.91 Å². The van der Waals surface area contributed by atoms with Gasteiger partial charge in [0.05, 0.1) is 11.7 Å². The van der Waals surface area contributed by atoms with E-state index in [1.807, 2.05) is 23.2 Å². The van der Waals surface area contributed by atoms with Gasteiger partial charge in [-0.25, -0.2) is 14.4 Å². The molecule has 0 radical (unpaired) electrons. The maximum atomic E-state index is 13.2. The zero-order valence-corrected chi connectivity index (χ0v) is 15.7. The van der Waals surface area contributed by atoms with Gasteiger partial charge in [-0.15, -0.1) is 0 Å². The van der Waals surface area contributed by atoms with Gasteiger partial charge in [0.1, 0.15) is 11.6 Å². The van der Waals surface area contributed by atoms with Crippen LogP contribution in [0.4, 0.5) is 4.39 Å². The molecule has 142 valence electrons. The van der Waals surface area contributed by atoms with Crippen LogP contribution in [0.2, 0.25) is 0 Å². The highest BCUT2D eigenvalue weighted by Gasteiger charge is 2.28. The second-order valence-electron chi connectivity index (χ2n) is 7.50. The molecule has 0 unspecified atom stereocenters. The van der Waals surface area contributed by atoms with Gasteiger partial charge in [-0.3, -0.25) is 9.69 Å². The molecule has 2 aromatic rings. The molecule has 1 aromatic carbocycles. The molecule has 3 heterocycles. The van der Waals surface area contributed by atoms with Crippen LogP contribution in [-0.4, -0.2) is 38.8 Å². The standard InChI is InChI=1S/C21H25FN4O/c1-15(27)25-11-9-19-17(14-25)12-23-21(24-19)20-4-2-3-10-26(20)13-16-5-7-18(22)8-6-16/h5-8,12,20H,2-4,9-11,13-14H2,1H3/t20-/m0/s1. The quantitative estimate of drug-likeness (QED) is 0.835. The number of piperidine rings is 1. The number of amides is 1. The molecule has 0 saturated carbocycles. The summed E-state index contributed by atoms with van der Waals surface area (Å²) in [4.78, 5) is 25.4. The van der Waals surface area contributed by atoms with Crippen LogP contribution in [0.5, 0.6) is 0 Å². The van der Waals surface area contributed by atoms with Crippen LogP contribution < -0.4 is 0 Å². The first-order valence-electron chi connectivity index (χ1n) is 9.69. The van der Waals surface area contributed by atoms with Crippen LogP contribution >= 0.6 is 0 Å². The van der Waals surface area contributed by atoms with E-state index in [9.17, 15) is 9.18 Å². The van der Waals surface area contributed by atoms with E-state index in [1.54, 1.807) is 6.92 Å². The summed E-state index contributed by atoms with van der Waals surface area (Å²) in [6, 6.07) is 6.94. The molecule has 4 rings (SSSR count). The molecular weight excluding hydrogens is 343 g/mol. The van der Waals surface area contributed by atoms with E-state index < -0.39 is 0 Å². The number of carbonyl (C=O) groups excluding carboxylic acids is 1. The lowest BCUT2D eigenvalue weighted by molar-refractivity contribution is -0.129. The summed E-state index contributed by atoms with van der Waals surface area (Å²) >= 11 is 0. The topological polar surface area (TPSA) is 49.3 Å². The predicted molar refractivity (Wildman–Crippen MR) is 100 cm³/mol. The Balaban J connectivity index is 1.53. The van der Waals surface area contributed by atoms with Crippen LogP contribution in [0.3, 0.4) is 0 Å². The first-order valence-corrected chi connectivity index (χ1v) is 9.69. The highest BCUT2D eigenvalue weighted by Crippen LogP contribution is 2.31. The number of benzene rings is 1. The number of nitrogens with zero attached hydrogens (tertiary/aromatic N) is 4. The van der Waals surface area contributed by atoms with Gasteiger partial charge in [-0.05, 0) is 37.1 Å². The Bertz CT molecular complexity index is 823. The van der Waals surface area contributed by atoms with Crippen LogP contribution in [0.15, 0.2) is 30.5 Å². The number of rotatable bonds is 3. The molecule has 1 saturated heterocycles. The number of likely N-dealkylation sites (tertiary alicyclic amines) is 1. The summed E-state index contributed by atoms with van der Waals surface area (Å²) in [6.45, 7) is 4.72. The third kappa shape index (κ3) is 4.00. The smallest absolute Gasteiger partial charge is 0.219 e. The lowest BCUT2D eigenvalue weighted by atomic mass is 9.99. The molecule has 1 aromatic heterocycles. The Kier molecular flexibility index (Phi) is 5.16. The minimum absolute atomic E-state index is 0.0995. The van der Waals surface area contributed by atoms with E-state index in [1.165, 1.54) is 18.6 Å². The van der Waals surface area contributed by atoms with Gasteiger partial charge in [0, 0.05) is 44.7 Å². The Morgan fingerprint density at radius 2 is 2.04 bits per heavy atom. The average molecular weight is 368 g/mol. The molecule has 0 N–H and O–H groups in total. The third-order valence-electron chi connectivity index (χ3n) is 5.61. The van der Waals surface area contributed by atoms with Crippen molar-refractivity contribution in [2.75, 3.05) is 13.1 Å². The maximum Gasteiger partial charge on any atom is 0.219 e. The number of carbonyl (C=O) groups is 1. The molecule has 1 amide bonds. The largest absolute Gasteiger partial charge is 0.338 e. The number of fused-ring (bicyclic) bond motifs is 1. The maximum absolute atomic E-state index is 13.2. The van der Waals surface area contributed by atoms with E-state index in [0.29, 0.717) is 6.54 Å². The van der Waals surface area contributed by atoms with Gasteiger partial charge >= 0.3 is 0 Å². The van der Waals surface area contributed by atoms with E-state index in [-0.39, 0.29) is 17.8 Å². The summed E-state index contributed by atoms with van der Waals surface area (Å²) in [6.07, 6.45) is 6.06. The predicted octanol–water partition coefficient (Wildman–Crippen LogP) is 3.25. The lowest BCUT2D eigenvalue weighted by Gasteiger charge is -2.35. The van der Waals surface area contributed by atoms with Crippen molar-refractivity contribution in [3.63, 3.8) is 0 Å². The van der Waals surface area contributed by atoms with Crippen molar-refractivity contribution in [1.29, 1.82) is 0 Å². The Morgan fingerprint density at radius 1 is 1.22 bits per heavy atom. The highest BCUT2D eigenvalue weighted by molar-refractivity contribution is 5.73. The first-order chi connectivity index (χ1) is 13.1. The second-order valence-corrected chi connectivity index (χ2v) is 7.50. The molecule has 0 spiro atoms. The molecule has 6 heteroatoms. The van der Waals surface area contributed by atoms with Crippen molar-refractivity contribution in [3.05, 3.63) is 58.9 Å². The number of halogens is 1. The first kappa shape index (κ1) is 18.0. The molecule has 5 nitrogen and oxygen atoms in total. The molecule has 0 aliphatic carbocycles. The number of aromatic nitrogens is 2. The van der Waals surface area contributed by atoms with Gasteiger partial charge in [0.2, 0.25) is 5.91 Å². The van der Waals surface area contributed by atoms with Crippen LogP contribution in [0.1, 0.15) is 54.9 Å².